The normalized spacial score (nSPS) is 35.6. The van der Waals surface area contributed by atoms with Crippen LogP contribution < -0.4 is 11.1 Å². The third-order valence-electron chi connectivity index (χ3n) is 4.61. The molecule has 4 nitrogen and oxygen atoms in total. The van der Waals surface area contributed by atoms with Crippen molar-refractivity contribution in [2.75, 3.05) is 6.61 Å². The molecule has 18 heavy (non-hydrogen) atoms. The van der Waals surface area contributed by atoms with Crippen LogP contribution in [0.5, 0.6) is 0 Å². The Bertz CT molecular complexity index is 346. The molecule has 0 bridgehead atoms. The van der Waals surface area contributed by atoms with Gasteiger partial charge < -0.3 is 15.8 Å². The molecule has 2 aliphatic rings. The van der Waals surface area contributed by atoms with E-state index in [1.165, 1.54) is 0 Å². The van der Waals surface area contributed by atoms with Crippen LogP contribution >= 0.6 is 0 Å². The van der Waals surface area contributed by atoms with Crippen LogP contribution in [-0.2, 0) is 9.53 Å². The molecule has 3 unspecified atom stereocenters. The molecule has 0 aromatic heterocycles. The average molecular weight is 254 g/mol. The van der Waals surface area contributed by atoms with E-state index in [9.17, 15) is 4.79 Å². The van der Waals surface area contributed by atoms with Crippen LogP contribution in [0.2, 0.25) is 0 Å². The number of amides is 1. The lowest BCUT2D eigenvalue weighted by Gasteiger charge is -2.55. The van der Waals surface area contributed by atoms with Gasteiger partial charge in [-0.05, 0) is 11.8 Å². The quantitative estimate of drug-likeness (QED) is 0.780. The molecule has 1 saturated carbocycles. The van der Waals surface area contributed by atoms with E-state index in [0.29, 0.717) is 12.0 Å². The molecule has 3 N–H and O–H groups in total. The van der Waals surface area contributed by atoms with Gasteiger partial charge in [-0.2, -0.15) is 0 Å². The van der Waals surface area contributed by atoms with E-state index in [0.717, 1.165) is 13.0 Å². The standard InChI is InChI=1S/C14H26N2O2/c1-13(2,3)9(15)12(17)16-10-8-6-7-18-11(8)14(10,4)5/h8-11H,6-7,15H2,1-5H3,(H,16,17)/t8?,9-,10?,11?/m1/s1. The highest BCUT2D eigenvalue weighted by molar-refractivity contribution is 5.82. The fraction of sp³-hybridized carbons (Fsp3) is 0.929. The number of rotatable bonds is 2. The molecule has 2 fully saturated rings. The topological polar surface area (TPSA) is 64.4 Å². The van der Waals surface area contributed by atoms with Crippen molar-refractivity contribution in [3.05, 3.63) is 0 Å². The van der Waals surface area contributed by atoms with E-state index in [2.05, 4.69) is 19.2 Å². The SMILES string of the molecule is CC1(C)C(NC(=O)[C@@H](N)C(C)(C)C)C2CCOC21. The summed E-state index contributed by atoms with van der Waals surface area (Å²) in [6, 6.07) is -0.263. The van der Waals surface area contributed by atoms with Gasteiger partial charge in [-0.3, -0.25) is 4.79 Å². The first-order valence-electron chi connectivity index (χ1n) is 6.83. The highest BCUT2D eigenvalue weighted by Crippen LogP contribution is 2.52. The van der Waals surface area contributed by atoms with E-state index in [-0.39, 0.29) is 22.8 Å². The second-order valence-corrected chi connectivity index (χ2v) is 7.40. The third kappa shape index (κ3) is 2.05. The van der Waals surface area contributed by atoms with Gasteiger partial charge in [0.15, 0.2) is 0 Å². The van der Waals surface area contributed by atoms with E-state index < -0.39 is 6.04 Å². The van der Waals surface area contributed by atoms with Gasteiger partial charge in [-0.25, -0.2) is 0 Å². The Kier molecular flexibility index (Phi) is 3.23. The van der Waals surface area contributed by atoms with E-state index in [1.807, 2.05) is 20.8 Å². The predicted octanol–water partition coefficient (Wildman–Crippen LogP) is 1.29. The lowest BCUT2D eigenvalue weighted by molar-refractivity contribution is -0.140. The summed E-state index contributed by atoms with van der Waals surface area (Å²) in [7, 11) is 0. The molecule has 1 amide bonds. The molecule has 4 heteroatoms. The number of carbonyl (C=O) groups is 1. The number of nitrogens with two attached hydrogens (primary N) is 1. The number of fused-ring (bicyclic) bond motifs is 1. The van der Waals surface area contributed by atoms with Crippen LogP contribution in [0.3, 0.4) is 0 Å². The minimum Gasteiger partial charge on any atom is -0.377 e. The van der Waals surface area contributed by atoms with Crippen molar-refractivity contribution in [3.63, 3.8) is 0 Å². The van der Waals surface area contributed by atoms with E-state index in [1.54, 1.807) is 0 Å². The van der Waals surface area contributed by atoms with Crippen molar-refractivity contribution >= 4 is 5.91 Å². The Balaban J connectivity index is 2.00. The summed E-state index contributed by atoms with van der Waals surface area (Å²) in [5, 5.41) is 3.14. The Labute approximate surface area is 110 Å². The maximum Gasteiger partial charge on any atom is 0.237 e. The second kappa shape index (κ2) is 4.20. The molecule has 1 saturated heterocycles. The van der Waals surface area contributed by atoms with E-state index >= 15 is 0 Å². The molecule has 1 aliphatic carbocycles. The molecule has 0 aromatic carbocycles. The third-order valence-corrected chi connectivity index (χ3v) is 4.61. The van der Waals surface area contributed by atoms with Crippen molar-refractivity contribution in [3.8, 4) is 0 Å². The van der Waals surface area contributed by atoms with Crippen molar-refractivity contribution in [1.82, 2.24) is 5.32 Å². The van der Waals surface area contributed by atoms with Crippen molar-refractivity contribution in [2.24, 2.45) is 22.5 Å². The smallest absolute Gasteiger partial charge is 0.237 e. The van der Waals surface area contributed by atoms with Crippen molar-refractivity contribution < 1.29 is 9.53 Å². The van der Waals surface area contributed by atoms with Gasteiger partial charge in [-0.15, -0.1) is 0 Å². The molecule has 0 spiro atoms. The van der Waals surface area contributed by atoms with Crippen LogP contribution in [-0.4, -0.2) is 30.7 Å². The van der Waals surface area contributed by atoms with Crippen molar-refractivity contribution in [2.45, 2.75) is 59.2 Å². The average Bonchev–Trinajstić information content (AvgIpc) is 2.69. The molecule has 0 aromatic rings. The lowest BCUT2D eigenvalue weighted by atomic mass is 9.57. The molecule has 0 radical (unpaired) electrons. The number of carbonyl (C=O) groups excluding carboxylic acids is 1. The van der Waals surface area contributed by atoms with Crippen LogP contribution in [0.25, 0.3) is 0 Å². The molecule has 1 aliphatic heterocycles. The van der Waals surface area contributed by atoms with Gasteiger partial charge in [0, 0.05) is 24.0 Å². The Morgan fingerprint density at radius 3 is 2.61 bits per heavy atom. The molecular weight excluding hydrogens is 228 g/mol. The Hall–Kier alpha value is -0.610. The Morgan fingerprint density at radius 2 is 2.06 bits per heavy atom. The number of hydrogen-bond acceptors (Lipinski definition) is 3. The molecule has 4 atom stereocenters. The molecule has 104 valence electrons. The van der Waals surface area contributed by atoms with Gasteiger partial charge >= 0.3 is 0 Å². The minimum atomic E-state index is -0.463. The molecule has 2 rings (SSSR count). The monoisotopic (exact) mass is 254 g/mol. The Morgan fingerprint density at radius 1 is 1.44 bits per heavy atom. The van der Waals surface area contributed by atoms with Gasteiger partial charge in [0.25, 0.3) is 0 Å². The fourth-order valence-electron chi connectivity index (χ4n) is 3.25. The lowest BCUT2D eigenvalue weighted by Crippen LogP contribution is -2.68. The van der Waals surface area contributed by atoms with Crippen LogP contribution in [0, 0.1) is 16.7 Å². The maximum absolute atomic E-state index is 12.2. The molecule has 1 heterocycles. The van der Waals surface area contributed by atoms with Gasteiger partial charge in [0.05, 0.1) is 12.1 Å². The number of ether oxygens (including phenoxy) is 1. The largest absolute Gasteiger partial charge is 0.377 e. The fourth-order valence-corrected chi connectivity index (χ4v) is 3.25. The van der Waals surface area contributed by atoms with Crippen LogP contribution in [0.4, 0.5) is 0 Å². The highest BCUT2D eigenvalue weighted by Gasteiger charge is 2.60. The summed E-state index contributed by atoms with van der Waals surface area (Å²) >= 11 is 0. The first-order valence-corrected chi connectivity index (χ1v) is 6.83. The summed E-state index contributed by atoms with van der Waals surface area (Å²) in [6.45, 7) is 11.1. The summed E-state index contributed by atoms with van der Waals surface area (Å²) in [5.74, 6) is 0.432. The summed E-state index contributed by atoms with van der Waals surface area (Å²) in [5.41, 5.74) is 5.82. The maximum atomic E-state index is 12.2. The zero-order chi connectivity index (χ0) is 13.7. The van der Waals surface area contributed by atoms with Gasteiger partial charge in [0.1, 0.15) is 0 Å². The first-order chi connectivity index (χ1) is 8.15. The second-order valence-electron chi connectivity index (χ2n) is 7.40. The van der Waals surface area contributed by atoms with Crippen LogP contribution in [0.15, 0.2) is 0 Å². The molecular formula is C14H26N2O2. The van der Waals surface area contributed by atoms with Crippen LogP contribution in [0.1, 0.15) is 41.0 Å². The highest BCUT2D eigenvalue weighted by atomic mass is 16.5. The zero-order valence-electron chi connectivity index (χ0n) is 12.1. The predicted molar refractivity (Wildman–Crippen MR) is 71.0 cm³/mol. The zero-order valence-corrected chi connectivity index (χ0v) is 12.1. The van der Waals surface area contributed by atoms with Gasteiger partial charge in [-0.1, -0.05) is 34.6 Å². The summed E-state index contributed by atoms with van der Waals surface area (Å²) in [6.07, 6.45) is 1.35. The number of nitrogens with one attached hydrogen (secondary N) is 1. The summed E-state index contributed by atoms with van der Waals surface area (Å²) < 4.78 is 5.72. The van der Waals surface area contributed by atoms with E-state index in [4.69, 9.17) is 10.5 Å². The van der Waals surface area contributed by atoms with Gasteiger partial charge in [0.2, 0.25) is 5.91 Å². The first kappa shape index (κ1) is 13.8. The summed E-state index contributed by atoms with van der Waals surface area (Å²) in [4.78, 5) is 12.2. The minimum absolute atomic E-state index is 0.0223. The number of hydrogen-bond donors (Lipinski definition) is 2. The van der Waals surface area contributed by atoms with Crippen molar-refractivity contribution in [1.29, 1.82) is 0 Å².